The lowest BCUT2D eigenvalue weighted by molar-refractivity contribution is -0.136. The molecule has 0 saturated heterocycles. The highest BCUT2D eigenvalue weighted by molar-refractivity contribution is 6.03. The Hall–Kier alpha value is -2.82. The molecule has 0 saturated carbocycles. The van der Waals surface area contributed by atoms with E-state index in [4.69, 9.17) is 0 Å². The van der Waals surface area contributed by atoms with Crippen LogP contribution in [0.4, 0.5) is 0 Å². The van der Waals surface area contributed by atoms with Crippen LogP contribution in [-0.2, 0) is 9.53 Å². The van der Waals surface area contributed by atoms with Crippen LogP contribution in [0, 0.1) is 0 Å². The van der Waals surface area contributed by atoms with Gasteiger partial charge in [-0.05, 0) is 30.3 Å². The number of carbonyl (C=O) groups excluding carboxylic acids is 2. The van der Waals surface area contributed by atoms with Crippen molar-refractivity contribution >= 4 is 18.0 Å². The summed E-state index contributed by atoms with van der Waals surface area (Å²) in [4.78, 5) is 26.6. The zero-order chi connectivity index (χ0) is 14.4. The second-order valence-corrected chi connectivity index (χ2v) is 4.00. The highest BCUT2D eigenvalue weighted by atomic mass is 16.5. The maximum Gasteiger partial charge on any atom is 0.354 e. The first kappa shape index (κ1) is 13.6. The Balaban J connectivity index is 2.21. The quantitative estimate of drug-likeness (QED) is 0.659. The van der Waals surface area contributed by atoms with Gasteiger partial charge in [-0.15, -0.1) is 0 Å². The van der Waals surface area contributed by atoms with Crippen molar-refractivity contribution in [1.82, 2.24) is 10.3 Å². The average Bonchev–Trinajstić information content (AvgIpc) is 2.99. The molecule has 5 nitrogen and oxygen atoms in total. The Morgan fingerprint density at radius 1 is 1.15 bits per heavy atom. The summed E-state index contributed by atoms with van der Waals surface area (Å²) in [5.74, 6) is -0.974. The first-order chi connectivity index (χ1) is 9.70. The van der Waals surface area contributed by atoms with Gasteiger partial charge in [0.05, 0.1) is 7.11 Å². The van der Waals surface area contributed by atoms with Crippen LogP contribution in [0.2, 0.25) is 0 Å². The maximum absolute atomic E-state index is 12.0. The molecule has 1 aromatic carbocycles. The molecule has 1 aromatic heterocycles. The largest absolute Gasteiger partial charge is 0.464 e. The number of ether oxygens (including phenoxy) is 1. The SMILES string of the molecule is COC(=O)/C(=C\c1ccc[nH]1)NC(=O)c1ccccc1. The summed E-state index contributed by atoms with van der Waals surface area (Å²) < 4.78 is 4.66. The van der Waals surface area contributed by atoms with E-state index in [9.17, 15) is 9.59 Å². The van der Waals surface area contributed by atoms with Gasteiger partial charge >= 0.3 is 5.97 Å². The fourth-order valence-electron chi connectivity index (χ4n) is 1.63. The molecule has 0 unspecified atom stereocenters. The molecule has 1 amide bonds. The van der Waals surface area contributed by atoms with Crippen molar-refractivity contribution in [1.29, 1.82) is 0 Å². The zero-order valence-electron chi connectivity index (χ0n) is 10.9. The fraction of sp³-hybridized carbons (Fsp3) is 0.0667. The molecule has 2 aromatic rings. The standard InChI is InChI=1S/C15H14N2O3/c1-20-15(19)13(10-12-8-5-9-16-12)17-14(18)11-6-3-2-4-7-11/h2-10,16H,1H3,(H,17,18)/b13-10+. The number of esters is 1. The summed E-state index contributed by atoms with van der Waals surface area (Å²) in [5, 5.41) is 2.55. The van der Waals surface area contributed by atoms with Crippen molar-refractivity contribution in [2.45, 2.75) is 0 Å². The minimum atomic E-state index is -0.608. The topological polar surface area (TPSA) is 71.2 Å². The monoisotopic (exact) mass is 270 g/mol. The summed E-state index contributed by atoms with van der Waals surface area (Å²) in [6.07, 6.45) is 3.24. The number of hydrogen-bond donors (Lipinski definition) is 2. The Morgan fingerprint density at radius 2 is 1.90 bits per heavy atom. The predicted molar refractivity (Wildman–Crippen MR) is 74.7 cm³/mol. The number of rotatable bonds is 4. The minimum absolute atomic E-state index is 0.0730. The third-order valence-corrected chi connectivity index (χ3v) is 2.61. The Kier molecular flexibility index (Phi) is 4.34. The van der Waals surface area contributed by atoms with Gasteiger partial charge in [0.15, 0.2) is 0 Å². The number of nitrogens with one attached hydrogen (secondary N) is 2. The fourth-order valence-corrected chi connectivity index (χ4v) is 1.63. The van der Waals surface area contributed by atoms with E-state index in [1.807, 2.05) is 6.07 Å². The lowest BCUT2D eigenvalue weighted by atomic mass is 10.2. The summed E-state index contributed by atoms with van der Waals surface area (Å²) in [6, 6.07) is 12.2. The number of H-pyrrole nitrogens is 1. The van der Waals surface area contributed by atoms with Crippen LogP contribution in [-0.4, -0.2) is 24.0 Å². The highest BCUT2D eigenvalue weighted by Gasteiger charge is 2.14. The van der Waals surface area contributed by atoms with Gasteiger partial charge in [0, 0.05) is 17.5 Å². The molecule has 20 heavy (non-hydrogen) atoms. The van der Waals surface area contributed by atoms with Gasteiger partial charge in [-0.3, -0.25) is 4.79 Å². The zero-order valence-corrected chi connectivity index (χ0v) is 10.9. The van der Waals surface area contributed by atoms with Crippen molar-refractivity contribution < 1.29 is 14.3 Å². The van der Waals surface area contributed by atoms with Gasteiger partial charge in [0.2, 0.25) is 0 Å². The molecule has 2 N–H and O–H groups in total. The van der Waals surface area contributed by atoms with E-state index in [0.717, 1.165) is 0 Å². The van der Waals surface area contributed by atoms with E-state index in [-0.39, 0.29) is 11.6 Å². The van der Waals surface area contributed by atoms with Gasteiger partial charge in [0.1, 0.15) is 5.70 Å². The Labute approximate surface area is 116 Å². The van der Waals surface area contributed by atoms with Crippen molar-refractivity contribution in [2.75, 3.05) is 7.11 Å². The van der Waals surface area contributed by atoms with Gasteiger partial charge in [-0.2, -0.15) is 0 Å². The van der Waals surface area contributed by atoms with Crippen molar-refractivity contribution in [2.24, 2.45) is 0 Å². The van der Waals surface area contributed by atoms with Crippen molar-refractivity contribution in [3.63, 3.8) is 0 Å². The second kappa shape index (κ2) is 6.38. The molecule has 0 atom stereocenters. The Morgan fingerprint density at radius 3 is 2.50 bits per heavy atom. The molecule has 0 aliphatic carbocycles. The van der Waals surface area contributed by atoms with Gasteiger partial charge in [-0.1, -0.05) is 18.2 Å². The molecule has 0 aliphatic rings. The first-order valence-electron chi connectivity index (χ1n) is 6.00. The van der Waals surface area contributed by atoms with E-state index < -0.39 is 5.97 Å². The number of amides is 1. The summed E-state index contributed by atoms with van der Waals surface area (Å²) in [7, 11) is 1.26. The van der Waals surface area contributed by atoms with Gasteiger partial charge in [0.25, 0.3) is 5.91 Å². The van der Waals surface area contributed by atoms with Crippen LogP contribution in [0.5, 0.6) is 0 Å². The van der Waals surface area contributed by atoms with Crippen molar-refractivity contribution in [3.05, 3.63) is 65.6 Å². The summed E-state index contributed by atoms with van der Waals surface area (Å²) in [5.41, 5.74) is 1.23. The molecule has 0 spiro atoms. The predicted octanol–water partition coefficient (Wildman–Crippen LogP) is 1.96. The van der Waals surface area contributed by atoms with Crippen molar-refractivity contribution in [3.8, 4) is 0 Å². The molecule has 5 heteroatoms. The minimum Gasteiger partial charge on any atom is -0.464 e. The molecule has 0 fully saturated rings. The van der Waals surface area contributed by atoms with E-state index >= 15 is 0 Å². The number of aromatic nitrogens is 1. The van der Waals surface area contributed by atoms with E-state index in [2.05, 4.69) is 15.0 Å². The molecular weight excluding hydrogens is 256 g/mol. The number of methoxy groups -OCH3 is 1. The van der Waals surface area contributed by atoms with Gasteiger partial charge in [-0.25, -0.2) is 4.79 Å². The van der Waals surface area contributed by atoms with Crippen LogP contribution >= 0.6 is 0 Å². The molecule has 1 heterocycles. The number of benzene rings is 1. The number of aromatic amines is 1. The normalized spacial score (nSPS) is 10.9. The lowest BCUT2D eigenvalue weighted by Crippen LogP contribution is -2.28. The molecule has 0 aliphatic heterocycles. The third kappa shape index (κ3) is 3.35. The van der Waals surface area contributed by atoms with Crippen LogP contribution in [0.3, 0.4) is 0 Å². The molecule has 102 valence electrons. The highest BCUT2D eigenvalue weighted by Crippen LogP contribution is 2.06. The maximum atomic E-state index is 12.0. The van der Waals surface area contributed by atoms with E-state index in [1.54, 1.807) is 42.6 Å². The number of hydrogen-bond acceptors (Lipinski definition) is 3. The molecule has 0 radical (unpaired) electrons. The van der Waals surface area contributed by atoms with E-state index in [0.29, 0.717) is 11.3 Å². The molecule has 0 bridgehead atoms. The van der Waals surface area contributed by atoms with Gasteiger partial charge < -0.3 is 15.0 Å². The van der Waals surface area contributed by atoms with Crippen LogP contribution in [0.15, 0.2) is 54.4 Å². The first-order valence-corrected chi connectivity index (χ1v) is 6.00. The second-order valence-electron chi connectivity index (χ2n) is 4.00. The smallest absolute Gasteiger partial charge is 0.354 e. The summed E-state index contributed by atoms with van der Waals surface area (Å²) in [6.45, 7) is 0. The van der Waals surface area contributed by atoms with Crippen LogP contribution < -0.4 is 5.32 Å². The average molecular weight is 270 g/mol. The van der Waals surface area contributed by atoms with Crippen LogP contribution in [0.1, 0.15) is 16.1 Å². The third-order valence-electron chi connectivity index (χ3n) is 2.61. The number of carbonyl (C=O) groups is 2. The van der Waals surface area contributed by atoms with E-state index in [1.165, 1.54) is 13.2 Å². The summed E-state index contributed by atoms with van der Waals surface area (Å²) >= 11 is 0. The van der Waals surface area contributed by atoms with Crippen LogP contribution in [0.25, 0.3) is 6.08 Å². The molecule has 2 rings (SSSR count). The Bertz CT molecular complexity index is 616. The lowest BCUT2D eigenvalue weighted by Gasteiger charge is -2.07. The molecular formula is C15H14N2O3.